The van der Waals surface area contributed by atoms with Crippen molar-refractivity contribution in [2.45, 2.75) is 13.0 Å². The molecular formula is C15H14BrNO. The SMILES string of the molecule is Brc1cccc(NCc2ccc3c(c2)CCO3)c1. The molecule has 0 fully saturated rings. The largest absolute Gasteiger partial charge is 0.493 e. The lowest BCUT2D eigenvalue weighted by Gasteiger charge is -2.08. The molecule has 0 spiro atoms. The highest BCUT2D eigenvalue weighted by molar-refractivity contribution is 9.10. The van der Waals surface area contributed by atoms with E-state index in [-0.39, 0.29) is 0 Å². The molecule has 1 aliphatic rings. The van der Waals surface area contributed by atoms with Gasteiger partial charge in [0.25, 0.3) is 0 Å². The summed E-state index contributed by atoms with van der Waals surface area (Å²) in [5, 5.41) is 3.42. The van der Waals surface area contributed by atoms with Gasteiger partial charge in [-0.25, -0.2) is 0 Å². The summed E-state index contributed by atoms with van der Waals surface area (Å²) in [6.45, 7) is 1.65. The Morgan fingerprint density at radius 2 is 2.11 bits per heavy atom. The third-order valence-electron chi connectivity index (χ3n) is 3.08. The molecular weight excluding hydrogens is 290 g/mol. The Bertz CT molecular complexity index is 568. The van der Waals surface area contributed by atoms with E-state index < -0.39 is 0 Å². The van der Waals surface area contributed by atoms with E-state index in [1.54, 1.807) is 0 Å². The minimum Gasteiger partial charge on any atom is -0.493 e. The zero-order chi connectivity index (χ0) is 12.4. The van der Waals surface area contributed by atoms with Crippen molar-refractivity contribution in [3.63, 3.8) is 0 Å². The van der Waals surface area contributed by atoms with Crippen LogP contribution in [0.15, 0.2) is 46.9 Å². The maximum Gasteiger partial charge on any atom is 0.122 e. The van der Waals surface area contributed by atoms with E-state index in [0.29, 0.717) is 0 Å². The molecule has 0 aliphatic carbocycles. The molecule has 2 nitrogen and oxygen atoms in total. The van der Waals surface area contributed by atoms with Gasteiger partial charge in [0.1, 0.15) is 5.75 Å². The van der Waals surface area contributed by atoms with Gasteiger partial charge in [-0.15, -0.1) is 0 Å². The number of halogens is 1. The number of fused-ring (bicyclic) bond motifs is 1. The first kappa shape index (κ1) is 11.6. The Hall–Kier alpha value is -1.48. The Morgan fingerprint density at radius 1 is 1.17 bits per heavy atom. The second kappa shape index (κ2) is 5.02. The molecule has 1 aliphatic heterocycles. The minimum atomic E-state index is 0.817. The van der Waals surface area contributed by atoms with Gasteiger partial charge >= 0.3 is 0 Å². The smallest absolute Gasteiger partial charge is 0.122 e. The highest BCUT2D eigenvalue weighted by Crippen LogP contribution is 2.26. The molecule has 92 valence electrons. The van der Waals surface area contributed by atoms with Gasteiger partial charge in [-0.1, -0.05) is 34.1 Å². The molecule has 3 heteroatoms. The zero-order valence-corrected chi connectivity index (χ0v) is 11.5. The van der Waals surface area contributed by atoms with Crippen molar-refractivity contribution < 1.29 is 4.74 Å². The fraction of sp³-hybridized carbons (Fsp3) is 0.200. The van der Waals surface area contributed by atoms with E-state index in [0.717, 1.165) is 35.5 Å². The van der Waals surface area contributed by atoms with E-state index in [1.165, 1.54) is 11.1 Å². The van der Waals surface area contributed by atoms with Crippen LogP contribution in [0.5, 0.6) is 5.75 Å². The standard InChI is InChI=1S/C15H14BrNO/c16-13-2-1-3-14(9-13)17-10-11-4-5-15-12(8-11)6-7-18-15/h1-5,8-9,17H,6-7,10H2. The van der Waals surface area contributed by atoms with Crippen LogP contribution in [0.25, 0.3) is 0 Å². The summed E-state index contributed by atoms with van der Waals surface area (Å²) in [5.41, 5.74) is 3.74. The molecule has 0 atom stereocenters. The summed E-state index contributed by atoms with van der Waals surface area (Å²) in [5.74, 6) is 1.04. The lowest BCUT2D eigenvalue weighted by molar-refractivity contribution is 0.357. The van der Waals surface area contributed by atoms with Crippen LogP contribution in [0, 0.1) is 0 Å². The number of benzene rings is 2. The molecule has 0 bridgehead atoms. The molecule has 0 unspecified atom stereocenters. The lowest BCUT2D eigenvalue weighted by Crippen LogP contribution is -1.99. The topological polar surface area (TPSA) is 21.3 Å². The normalized spacial score (nSPS) is 12.9. The fourth-order valence-corrected chi connectivity index (χ4v) is 2.55. The third kappa shape index (κ3) is 2.51. The van der Waals surface area contributed by atoms with Gasteiger partial charge in [0.05, 0.1) is 6.61 Å². The van der Waals surface area contributed by atoms with Crippen molar-refractivity contribution in [2.24, 2.45) is 0 Å². The summed E-state index contributed by atoms with van der Waals surface area (Å²) in [6, 6.07) is 14.6. The van der Waals surface area contributed by atoms with Crippen LogP contribution >= 0.6 is 15.9 Å². The lowest BCUT2D eigenvalue weighted by atomic mass is 10.1. The van der Waals surface area contributed by atoms with E-state index in [1.807, 2.05) is 12.1 Å². The van der Waals surface area contributed by atoms with Gasteiger partial charge < -0.3 is 10.1 Å². The van der Waals surface area contributed by atoms with Gasteiger partial charge in [-0.2, -0.15) is 0 Å². The Kier molecular flexibility index (Phi) is 3.24. The van der Waals surface area contributed by atoms with E-state index in [4.69, 9.17) is 4.74 Å². The van der Waals surface area contributed by atoms with Crippen LogP contribution in [-0.4, -0.2) is 6.61 Å². The molecule has 1 N–H and O–H groups in total. The minimum absolute atomic E-state index is 0.817. The van der Waals surface area contributed by atoms with Gasteiger partial charge in [0.15, 0.2) is 0 Å². The Labute approximate surface area is 115 Å². The molecule has 0 radical (unpaired) electrons. The molecule has 0 amide bonds. The average Bonchev–Trinajstić information content (AvgIpc) is 2.84. The summed E-state index contributed by atoms with van der Waals surface area (Å²) in [4.78, 5) is 0. The van der Waals surface area contributed by atoms with E-state index in [2.05, 4.69) is 51.6 Å². The highest BCUT2D eigenvalue weighted by atomic mass is 79.9. The first-order chi connectivity index (χ1) is 8.81. The molecule has 18 heavy (non-hydrogen) atoms. The molecule has 0 saturated heterocycles. The van der Waals surface area contributed by atoms with Gasteiger partial charge in [-0.3, -0.25) is 0 Å². The first-order valence-electron chi connectivity index (χ1n) is 6.05. The summed E-state index contributed by atoms with van der Waals surface area (Å²) in [7, 11) is 0. The van der Waals surface area contributed by atoms with Crippen molar-refractivity contribution in [1.29, 1.82) is 0 Å². The molecule has 0 aromatic heterocycles. The molecule has 2 aromatic carbocycles. The molecule has 0 saturated carbocycles. The van der Waals surface area contributed by atoms with Crippen LogP contribution in [0.2, 0.25) is 0 Å². The fourth-order valence-electron chi connectivity index (χ4n) is 2.15. The number of rotatable bonds is 3. The zero-order valence-electron chi connectivity index (χ0n) is 9.95. The summed E-state index contributed by atoms with van der Waals surface area (Å²) < 4.78 is 6.60. The van der Waals surface area contributed by atoms with Crippen LogP contribution in [-0.2, 0) is 13.0 Å². The quantitative estimate of drug-likeness (QED) is 0.925. The summed E-state index contributed by atoms with van der Waals surface area (Å²) >= 11 is 3.47. The van der Waals surface area contributed by atoms with Gasteiger partial charge in [0.2, 0.25) is 0 Å². The first-order valence-corrected chi connectivity index (χ1v) is 6.84. The van der Waals surface area contributed by atoms with Crippen molar-refractivity contribution in [1.82, 2.24) is 0 Å². The van der Waals surface area contributed by atoms with Gasteiger partial charge in [0, 0.05) is 23.1 Å². The second-order valence-electron chi connectivity index (χ2n) is 4.40. The second-order valence-corrected chi connectivity index (χ2v) is 5.32. The number of nitrogens with one attached hydrogen (secondary N) is 1. The number of ether oxygens (including phenoxy) is 1. The van der Waals surface area contributed by atoms with Gasteiger partial charge in [-0.05, 0) is 35.4 Å². The third-order valence-corrected chi connectivity index (χ3v) is 3.57. The van der Waals surface area contributed by atoms with Crippen molar-refractivity contribution in [3.05, 3.63) is 58.1 Å². The Balaban J connectivity index is 1.70. The van der Waals surface area contributed by atoms with Crippen LogP contribution in [0.3, 0.4) is 0 Å². The van der Waals surface area contributed by atoms with Crippen molar-refractivity contribution in [2.75, 3.05) is 11.9 Å². The van der Waals surface area contributed by atoms with E-state index in [9.17, 15) is 0 Å². The number of hydrogen-bond acceptors (Lipinski definition) is 2. The summed E-state index contributed by atoms with van der Waals surface area (Å²) in [6.07, 6.45) is 1.03. The number of anilines is 1. The van der Waals surface area contributed by atoms with E-state index >= 15 is 0 Å². The predicted molar refractivity (Wildman–Crippen MR) is 77.1 cm³/mol. The average molecular weight is 304 g/mol. The predicted octanol–water partition coefficient (Wildman–Crippen LogP) is 4.00. The maximum absolute atomic E-state index is 5.51. The molecule has 1 heterocycles. The maximum atomic E-state index is 5.51. The number of hydrogen-bond donors (Lipinski definition) is 1. The Morgan fingerprint density at radius 3 is 3.00 bits per heavy atom. The van der Waals surface area contributed by atoms with Crippen molar-refractivity contribution >= 4 is 21.6 Å². The molecule has 3 rings (SSSR count). The monoisotopic (exact) mass is 303 g/mol. The van der Waals surface area contributed by atoms with Crippen LogP contribution in [0.1, 0.15) is 11.1 Å². The highest BCUT2D eigenvalue weighted by Gasteiger charge is 2.11. The van der Waals surface area contributed by atoms with Crippen LogP contribution < -0.4 is 10.1 Å². The van der Waals surface area contributed by atoms with Crippen molar-refractivity contribution in [3.8, 4) is 5.75 Å². The molecule has 2 aromatic rings. The van der Waals surface area contributed by atoms with Crippen LogP contribution in [0.4, 0.5) is 5.69 Å².